The van der Waals surface area contributed by atoms with Crippen LogP contribution in [0.3, 0.4) is 0 Å². The van der Waals surface area contributed by atoms with Gasteiger partial charge >= 0.3 is 12.1 Å². The fourth-order valence-electron chi connectivity index (χ4n) is 1.33. The fraction of sp³-hybridized carbons (Fsp3) is 0.467. The van der Waals surface area contributed by atoms with Crippen molar-refractivity contribution in [3.63, 3.8) is 0 Å². The van der Waals surface area contributed by atoms with Crippen molar-refractivity contribution in [3.8, 4) is 5.75 Å². The van der Waals surface area contributed by atoms with E-state index in [-0.39, 0.29) is 17.8 Å². The van der Waals surface area contributed by atoms with Crippen molar-refractivity contribution in [2.24, 2.45) is 0 Å². The topological polar surface area (TPSA) is 80.3 Å². The van der Waals surface area contributed by atoms with E-state index < -0.39 is 12.1 Å². The number of benzene rings is 1. The lowest BCUT2D eigenvalue weighted by molar-refractivity contribution is -0.452. The maximum absolute atomic E-state index is 11.6. The summed E-state index contributed by atoms with van der Waals surface area (Å²) in [7, 11) is 0. The number of carbonyl (C=O) groups excluding carboxylic acids is 2. The van der Waals surface area contributed by atoms with E-state index in [0.717, 1.165) is 0 Å². The van der Waals surface area contributed by atoms with Crippen LogP contribution in [0.5, 0.6) is 5.75 Å². The van der Waals surface area contributed by atoms with Gasteiger partial charge in [0.15, 0.2) is 0 Å². The van der Waals surface area contributed by atoms with Gasteiger partial charge in [0.25, 0.3) is 0 Å². The molecule has 7 nitrogen and oxygen atoms in total. The molecule has 0 aliphatic carbocycles. The summed E-state index contributed by atoms with van der Waals surface area (Å²) in [5.74, 6) is -0.187. The third-order valence-corrected chi connectivity index (χ3v) is 2.55. The summed E-state index contributed by atoms with van der Waals surface area (Å²) in [6, 6.07) is 6.24. The summed E-state index contributed by atoms with van der Waals surface area (Å²) in [6.45, 7) is 7.32. The molecule has 1 atom stereocenters. The molecule has 1 unspecified atom stereocenters. The fourth-order valence-corrected chi connectivity index (χ4v) is 1.33. The summed E-state index contributed by atoms with van der Waals surface area (Å²) in [5.41, 5.74) is 0.218. The first kappa shape index (κ1) is 17.8. The molecule has 0 spiro atoms. The second-order valence-corrected chi connectivity index (χ2v) is 4.80. The molecule has 0 aromatic heterocycles. The Bertz CT molecular complexity index is 481. The van der Waals surface area contributed by atoms with E-state index in [0.29, 0.717) is 12.2 Å². The molecule has 0 saturated carbocycles. The molecule has 0 heterocycles. The normalized spacial score (nSPS) is 11.7. The van der Waals surface area contributed by atoms with Gasteiger partial charge in [-0.15, -0.1) is 0 Å². The Labute approximate surface area is 128 Å². The standard InChI is InChI=1S/C15H20O7/c1-5-11(4)19-15(17)21-22-20-14(16)12-6-8-13(9-7-12)18-10(2)3/h6-11H,5H2,1-4H3. The van der Waals surface area contributed by atoms with Crippen molar-refractivity contribution in [1.82, 2.24) is 0 Å². The van der Waals surface area contributed by atoms with Gasteiger partial charge in [0.2, 0.25) is 0 Å². The van der Waals surface area contributed by atoms with E-state index >= 15 is 0 Å². The molecule has 1 rings (SSSR count). The number of ether oxygens (including phenoxy) is 2. The van der Waals surface area contributed by atoms with Crippen LogP contribution >= 0.6 is 0 Å². The van der Waals surface area contributed by atoms with Gasteiger partial charge in [-0.05, 0) is 51.5 Å². The Hall–Kier alpha value is -2.28. The lowest BCUT2D eigenvalue weighted by Crippen LogP contribution is -2.16. The number of rotatable bonds is 7. The zero-order chi connectivity index (χ0) is 16.5. The summed E-state index contributed by atoms with van der Waals surface area (Å²) >= 11 is 0. The Morgan fingerprint density at radius 2 is 1.68 bits per heavy atom. The molecule has 0 N–H and O–H groups in total. The van der Waals surface area contributed by atoms with E-state index in [4.69, 9.17) is 9.47 Å². The molecule has 0 aliphatic heterocycles. The quantitative estimate of drug-likeness (QED) is 0.433. The van der Waals surface area contributed by atoms with E-state index in [1.165, 1.54) is 12.1 Å². The maximum Gasteiger partial charge on any atom is 0.543 e. The van der Waals surface area contributed by atoms with E-state index in [2.05, 4.69) is 14.8 Å². The zero-order valence-electron chi connectivity index (χ0n) is 13.0. The van der Waals surface area contributed by atoms with E-state index in [9.17, 15) is 9.59 Å². The Balaban J connectivity index is 2.37. The minimum Gasteiger partial charge on any atom is -0.491 e. The van der Waals surface area contributed by atoms with Gasteiger partial charge in [-0.1, -0.05) is 6.92 Å². The largest absolute Gasteiger partial charge is 0.543 e. The molecule has 0 aliphatic rings. The van der Waals surface area contributed by atoms with Crippen molar-refractivity contribution in [3.05, 3.63) is 29.8 Å². The first-order valence-corrected chi connectivity index (χ1v) is 6.95. The van der Waals surface area contributed by atoms with E-state index in [1.807, 2.05) is 20.8 Å². The smallest absolute Gasteiger partial charge is 0.491 e. The predicted octanol–water partition coefficient (Wildman–Crippen LogP) is 3.43. The molecular formula is C15H20O7. The first-order valence-electron chi connectivity index (χ1n) is 6.95. The van der Waals surface area contributed by atoms with Crippen LogP contribution in [0.1, 0.15) is 44.5 Å². The van der Waals surface area contributed by atoms with Gasteiger partial charge in [0.05, 0.1) is 16.7 Å². The lowest BCUT2D eigenvalue weighted by Gasteiger charge is -2.10. The van der Waals surface area contributed by atoms with Gasteiger partial charge in [0, 0.05) is 0 Å². The molecule has 1 aromatic carbocycles. The van der Waals surface area contributed by atoms with Gasteiger partial charge in [-0.25, -0.2) is 14.5 Å². The lowest BCUT2D eigenvalue weighted by atomic mass is 10.2. The van der Waals surface area contributed by atoms with Crippen LogP contribution in [0.15, 0.2) is 24.3 Å². The molecule has 122 valence electrons. The molecule has 7 heteroatoms. The Morgan fingerprint density at radius 1 is 1.05 bits per heavy atom. The third kappa shape index (κ3) is 6.45. The van der Waals surface area contributed by atoms with Crippen LogP contribution in [0.4, 0.5) is 4.79 Å². The van der Waals surface area contributed by atoms with Gasteiger partial charge in [0.1, 0.15) is 11.9 Å². The number of carbonyl (C=O) groups is 2. The molecule has 22 heavy (non-hydrogen) atoms. The first-order chi connectivity index (χ1) is 10.4. The van der Waals surface area contributed by atoms with Crippen LogP contribution in [-0.4, -0.2) is 24.3 Å². The second-order valence-electron chi connectivity index (χ2n) is 4.80. The van der Waals surface area contributed by atoms with E-state index in [1.54, 1.807) is 19.1 Å². The maximum atomic E-state index is 11.6. The average molecular weight is 312 g/mol. The van der Waals surface area contributed by atoms with Crippen molar-refractivity contribution in [2.45, 2.75) is 46.3 Å². The SMILES string of the molecule is CCC(C)OC(=O)OOOC(=O)c1ccc(OC(C)C)cc1. The van der Waals surface area contributed by atoms with Crippen molar-refractivity contribution >= 4 is 12.1 Å². The number of hydrogen-bond donors (Lipinski definition) is 0. The van der Waals surface area contributed by atoms with Gasteiger partial charge in [-0.3, -0.25) is 4.89 Å². The van der Waals surface area contributed by atoms with Gasteiger partial charge < -0.3 is 9.47 Å². The van der Waals surface area contributed by atoms with Crippen LogP contribution in [-0.2, 0) is 19.6 Å². The average Bonchev–Trinajstić information content (AvgIpc) is 2.47. The number of hydrogen-bond acceptors (Lipinski definition) is 7. The molecule has 0 saturated heterocycles. The van der Waals surface area contributed by atoms with Crippen LogP contribution in [0.2, 0.25) is 0 Å². The minimum atomic E-state index is -1.08. The summed E-state index contributed by atoms with van der Waals surface area (Å²) in [6.07, 6.45) is -0.742. The molecular weight excluding hydrogens is 292 g/mol. The molecule has 0 radical (unpaired) electrons. The Morgan fingerprint density at radius 3 is 2.23 bits per heavy atom. The minimum absolute atomic E-state index is 0.0334. The highest BCUT2D eigenvalue weighted by atomic mass is 17.5. The summed E-state index contributed by atoms with van der Waals surface area (Å²) in [5, 5.41) is 4.10. The molecule has 0 amide bonds. The highest BCUT2D eigenvalue weighted by molar-refractivity contribution is 5.89. The molecule has 1 aromatic rings. The van der Waals surface area contributed by atoms with Crippen LogP contribution in [0.25, 0.3) is 0 Å². The Kier molecular flexibility index (Phi) is 7.18. The zero-order valence-corrected chi connectivity index (χ0v) is 13.0. The third-order valence-electron chi connectivity index (χ3n) is 2.55. The summed E-state index contributed by atoms with van der Waals surface area (Å²) < 4.78 is 10.2. The highest BCUT2D eigenvalue weighted by Gasteiger charge is 2.14. The molecule has 0 bridgehead atoms. The van der Waals surface area contributed by atoms with Crippen LogP contribution < -0.4 is 4.74 Å². The highest BCUT2D eigenvalue weighted by Crippen LogP contribution is 2.14. The summed E-state index contributed by atoms with van der Waals surface area (Å²) in [4.78, 5) is 31.2. The van der Waals surface area contributed by atoms with Crippen molar-refractivity contribution in [1.29, 1.82) is 0 Å². The monoisotopic (exact) mass is 312 g/mol. The predicted molar refractivity (Wildman–Crippen MR) is 76.0 cm³/mol. The van der Waals surface area contributed by atoms with Gasteiger partial charge in [-0.2, -0.15) is 0 Å². The van der Waals surface area contributed by atoms with Crippen molar-refractivity contribution in [2.75, 3.05) is 0 Å². The van der Waals surface area contributed by atoms with Crippen molar-refractivity contribution < 1.29 is 33.9 Å². The van der Waals surface area contributed by atoms with Crippen LogP contribution in [0, 0.1) is 0 Å². The molecule has 0 fully saturated rings. The second kappa shape index (κ2) is 8.89.